The SMILES string of the molecule is O=c1c(O[C@@H]2O[C@H](CO[C@@H]3O[C@H](CO)[C@H](O)[C@H](O)[C@H]3O)[C@H](O)[C@H](O)[C@H]2O)c(-c2ccc(O)c(O)c2)oc2cc(O)cc(O)c12. The third-order valence-electron chi connectivity index (χ3n) is 7.33. The van der Waals surface area contributed by atoms with Crippen LogP contribution < -0.4 is 10.2 Å². The van der Waals surface area contributed by atoms with E-state index in [0.29, 0.717) is 0 Å². The first-order valence-electron chi connectivity index (χ1n) is 13.2. The van der Waals surface area contributed by atoms with Crippen molar-refractivity contribution in [1.82, 2.24) is 0 Å². The molecule has 17 nitrogen and oxygen atoms in total. The Kier molecular flexibility index (Phi) is 8.87. The summed E-state index contributed by atoms with van der Waals surface area (Å²) in [7, 11) is 0. The topological polar surface area (TPSA) is 290 Å². The summed E-state index contributed by atoms with van der Waals surface area (Å²) in [6.45, 7) is -1.42. The molecule has 44 heavy (non-hydrogen) atoms. The number of phenols is 4. The van der Waals surface area contributed by atoms with Crippen LogP contribution in [0.2, 0.25) is 0 Å². The fraction of sp³-hybridized carbons (Fsp3) is 0.444. The highest BCUT2D eigenvalue weighted by Gasteiger charge is 2.48. The first-order valence-corrected chi connectivity index (χ1v) is 13.2. The van der Waals surface area contributed by atoms with Crippen LogP contribution in [0.15, 0.2) is 39.5 Å². The van der Waals surface area contributed by atoms with Crippen molar-refractivity contribution in [2.75, 3.05) is 13.2 Å². The van der Waals surface area contributed by atoms with Gasteiger partial charge in [0, 0.05) is 17.7 Å². The molecule has 1 aromatic heterocycles. The first-order chi connectivity index (χ1) is 20.8. The summed E-state index contributed by atoms with van der Waals surface area (Å²) in [5, 5.41) is 111. The minimum absolute atomic E-state index is 0.0504. The third kappa shape index (κ3) is 5.73. The van der Waals surface area contributed by atoms with Crippen LogP contribution in [-0.2, 0) is 14.2 Å². The van der Waals surface area contributed by atoms with E-state index >= 15 is 0 Å². The summed E-state index contributed by atoms with van der Waals surface area (Å²) in [5.41, 5.74) is -1.41. The van der Waals surface area contributed by atoms with E-state index in [4.69, 9.17) is 23.4 Å². The van der Waals surface area contributed by atoms with E-state index in [1.807, 2.05) is 0 Å². The number of aliphatic hydroxyl groups excluding tert-OH is 7. The lowest BCUT2D eigenvalue weighted by atomic mass is 9.98. The molecule has 11 N–H and O–H groups in total. The molecule has 5 rings (SSSR count). The van der Waals surface area contributed by atoms with Crippen molar-refractivity contribution in [3.63, 3.8) is 0 Å². The number of benzene rings is 2. The van der Waals surface area contributed by atoms with E-state index in [2.05, 4.69) is 0 Å². The molecule has 0 amide bonds. The van der Waals surface area contributed by atoms with Crippen molar-refractivity contribution < 1.29 is 79.5 Å². The van der Waals surface area contributed by atoms with Gasteiger partial charge in [-0.3, -0.25) is 4.79 Å². The van der Waals surface area contributed by atoms with Gasteiger partial charge in [0.2, 0.25) is 17.5 Å². The summed E-state index contributed by atoms with van der Waals surface area (Å²) in [6, 6.07) is 5.17. The predicted octanol–water partition coefficient (Wildman–Crippen LogP) is -2.71. The average Bonchev–Trinajstić information content (AvgIpc) is 2.98. The van der Waals surface area contributed by atoms with Gasteiger partial charge >= 0.3 is 0 Å². The number of aromatic hydroxyl groups is 4. The molecular weight excluding hydrogens is 596 g/mol. The van der Waals surface area contributed by atoms with Gasteiger partial charge in [0.1, 0.15) is 71.3 Å². The molecule has 3 heterocycles. The van der Waals surface area contributed by atoms with Crippen LogP contribution in [0.3, 0.4) is 0 Å². The maximum Gasteiger partial charge on any atom is 0.239 e. The lowest BCUT2D eigenvalue weighted by molar-refractivity contribution is -0.323. The zero-order chi connectivity index (χ0) is 32.0. The van der Waals surface area contributed by atoms with E-state index in [1.165, 1.54) is 6.07 Å². The van der Waals surface area contributed by atoms with E-state index in [1.54, 1.807) is 0 Å². The molecule has 2 aromatic carbocycles. The van der Waals surface area contributed by atoms with Crippen LogP contribution in [-0.4, -0.2) is 131 Å². The predicted molar refractivity (Wildman–Crippen MR) is 142 cm³/mol. The lowest BCUT2D eigenvalue weighted by Gasteiger charge is -2.42. The molecule has 0 spiro atoms. The molecule has 2 saturated heterocycles. The van der Waals surface area contributed by atoms with E-state index in [-0.39, 0.29) is 11.1 Å². The smallest absolute Gasteiger partial charge is 0.239 e. The Hall–Kier alpha value is -3.75. The number of ether oxygens (including phenoxy) is 4. The second-order valence-electron chi connectivity index (χ2n) is 10.3. The number of phenolic OH excluding ortho intramolecular Hbond substituents is 4. The van der Waals surface area contributed by atoms with E-state index in [9.17, 15) is 61.0 Å². The Morgan fingerprint density at radius 2 is 1.34 bits per heavy atom. The normalized spacial score (nSPS) is 32.5. The van der Waals surface area contributed by atoms with Crippen molar-refractivity contribution >= 4 is 11.0 Å². The fourth-order valence-electron chi connectivity index (χ4n) is 4.89. The molecule has 0 saturated carbocycles. The number of hydrogen-bond donors (Lipinski definition) is 11. The zero-order valence-corrected chi connectivity index (χ0v) is 22.4. The monoisotopic (exact) mass is 626 g/mol. The van der Waals surface area contributed by atoms with Crippen LogP contribution in [0.25, 0.3) is 22.3 Å². The molecule has 2 aliphatic rings. The van der Waals surface area contributed by atoms with Gasteiger partial charge in [-0.1, -0.05) is 0 Å². The molecule has 0 bridgehead atoms. The highest BCUT2D eigenvalue weighted by molar-refractivity contribution is 5.88. The van der Waals surface area contributed by atoms with Crippen molar-refractivity contribution in [2.45, 2.75) is 61.4 Å². The minimum atomic E-state index is -2.00. The Morgan fingerprint density at radius 1 is 0.705 bits per heavy atom. The number of rotatable bonds is 7. The van der Waals surface area contributed by atoms with Gasteiger partial charge in [0.25, 0.3) is 0 Å². The Bertz CT molecular complexity index is 1560. The molecule has 3 aromatic rings. The largest absolute Gasteiger partial charge is 0.508 e. The van der Waals surface area contributed by atoms with Gasteiger partial charge < -0.3 is 79.5 Å². The first kappa shape index (κ1) is 31.7. The van der Waals surface area contributed by atoms with E-state index < -0.39 is 120 Å². The van der Waals surface area contributed by atoms with Crippen molar-refractivity contribution in [1.29, 1.82) is 0 Å². The van der Waals surface area contributed by atoms with Gasteiger partial charge in [-0.2, -0.15) is 0 Å². The third-order valence-corrected chi connectivity index (χ3v) is 7.33. The Balaban J connectivity index is 1.47. The van der Waals surface area contributed by atoms with Crippen molar-refractivity contribution in [3.8, 4) is 40.1 Å². The second-order valence-corrected chi connectivity index (χ2v) is 10.3. The summed E-state index contributed by atoms with van der Waals surface area (Å²) in [5.74, 6) is -3.44. The highest BCUT2D eigenvalue weighted by Crippen LogP contribution is 2.39. The van der Waals surface area contributed by atoms with Crippen LogP contribution in [0.4, 0.5) is 0 Å². The van der Waals surface area contributed by atoms with Gasteiger partial charge in [0.05, 0.1) is 13.2 Å². The quantitative estimate of drug-likeness (QED) is 0.119. The zero-order valence-electron chi connectivity index (χ0n) is 22.4. The second kappa shape index (κ2) is 12.3. The Labute approximate surface area is 246 Å². The summed E-state index contributed by atoms with van der Waals surface area (Å²) in [4.78, 5) is 13.6. The lowest BCUT2D eigenvalue weighted by Crippen LogP contribution is -2.62. The van der Waals surface area contributed by atoms with Gasteiger partial charge in [-0.05, 0) is 18.2 Å². The van der Waals surface area contributed by atoms with Crippen molar-refractivity contribution in [2.24, 2.45) is 0 Å². The maximum absolute atomic E-state index is 13.6. The standard InChI is InChI=1S/C27H30O17/c28-6-14-17(33)20(36)22(38)26(42-14)40-7-15-18(34)21(37)23(39)27(43-15)44-25-19(35)16-12(32)4-9(29)5-13(16)41-24(25)8-1-2-10(30)11(31)3-8/h1-5,14-15,17-18,20-23,26-34,36-39H,6-7H2/t14-,15-,17+,18+,20+,21+,22-,23-,26-,27+/m1/s1. The van der Waals surface area contributed by atoms with Crippen LogP contribution >= 0.6 is 0 Å². The highest BCUT2D eigenvalue weighted by atomic mass is 16.7. The van der Waals surface area contributed by atoms with Gasteiger partial charge in [-0.15, -0.1) is 0 Å². The molecular formula is C27H30O17. The van der Waals surface area contributed by atoms with Crippen LogP contribution in [0.1, 0.15) is 0 Å². The molecule has 17 heteroatoms. The van der Waals surface area contributed by atoms with Gasteiger partial charge in [0.15, 0.2) is 23.5 Å². The molecule has 240 valence electrons. The van der Waals surface area contributed by atoms with Gasteiger partial charge in [-0.25, -0.2) is 0 Å². The summed E-state index contributed by atoms with van der Waals surface area (Å²) in [6.07, 6.45) is -17.4. The Morgan fingerprint density at radius 3 is 2.00 bits per heavy atom. The molecule has 0 unspecified atom stereocenters. The maximum atomic E-state index is 13.6. The van der Waals surface area contributed by atoms with Crippen LogP contribution in [0, 0.1) is 0 Å². The summed E-state index contributed by atoms with van der Waals surface area (Å²) < 4.78 is 27.6. The molecule has 0 radical (unpaired) electrons. The number of fused-ring (bicyclic) bond motifs is 1. The van der Waals surface area contributed by atoms with Crippen LogP contribution in [0.5, 0.6) is 28.7 Å². The minimum Gasteiger partial charge on any atom is -0.508 e. The molecule has 0 aliphatic carbocycles. The van der Waals surface area contributed by atoms with E-state index in [0.717, 1.165) is 24.3 Å². The molecule has 10 atom stereocenters. The molecule has 2 aliphatic heterocycles. The number of aliphatic hydroxyl groups is 7. The fourth-order valence-corrected chi connectivity index (χ4v) is 4.89. The van der Waals surface area contributed by atoms with Crippen molar-refractivity contribution in [3.05, 3.63) is 40.6 Å². The average molecular weight is 627 g/mol. The number of hydrogen-bond acceptors (Lipinski definition) is 17. The molecule has 2 fully saturated rings. The summed E-state index contributed by atoms with van der Waals surface area (Å²) >= 11 is 0.